The fourth-order valence-corrected chi connectivity index (χ4v) is 3.75. The van der Waals surface area contributed by atoms with E-state index in [1.807, 2.05) is 29.2 Å². The molecule has 3 aromatic rings. The van der Waals surface area contributed by atoms with Crippen LogP contribution in [0.5, 0.6) is 5.75 Å². The van der Waals surface area contributed by atoms with Gasteiger partial charge in [0.05, 0.1) is 12.7 Å². The second-order valence-electron chi connectivity index (χ2n) is 7.40. The van der Waals surface area contributed by atoms with Crippen molar-refractivity contribution < 1.29 is 14.6 Å². The minimum absolute atomic E-state index is 0.0178. The van der Waals surface area contributed by atoms with Crippen LogP contribution < -0.4 is 4.74 Å². The molecule has 0 saturated carbocycles. The summed E-state index contributed by atoms with van der Waals surface area (Å²) in [6.45, 7) is 1.87. The highest BCUT2D eigenvalue weighted by molar-refractivity contribution is 6.30. The molecule has 156 valence electrons. The summed E-state index contributed by atoms with van der Waals surface area (Å²) in [4.78, 5) is 14.7. The number of amides is 1. The predicted octanol–water partition coefficient (Wildman–Crippen LogP) is 3.00. The average molecular weight is 427 g/mol. The number of hydrogen-bond donors (Lipinski definition) is 1. The van der Waals surface area contributed by atoms with Crippen molar-refractivity contribution in [3.63, 3.8) is 0 Å². The monoisotopic (exact) mass is 426 g/mol. The van der Waals surface area contributed by atoms with Crippen molar-refractivity contribution in [2.75, 3.05) is 19.7 Å². The van der Waals surface area contributed by atoms with Crippen LogP contribution in [0.2, 0.25) is 5.02 Å². The van der Waals surface area contributed by atoms with Crippen LogP contribution in [0.15, 0.2) is 60.9 Å². The van der Waals surface area contributed by atoms with Crippen LogP contribution in [0.25, 0.3) is 0 Å². The number of likely N-dealkylation sites (tertiary alicyclic amines) is 1. The zero-order valence-electron chi connectivity index (χ0n) is 16.4. The Morgan fingerprint density at radius 2 is 1.97 bits per heavy atom. The molecule has 2 heterocycles. The number of hydrogen-bond acceptors (Lipinski definition) is 5. The molecule has 1 amide bonds. The molecule has 30 heavy (non-hydrogen) atoms. The van der Waals surface area contributed by atoms with Crippen molar-refractivity contribution in [3.8, 4) is 5.75 Å². The second kappa shape index (κ2) is 9.28. The molecule has 7 nitrogen and oxygen atoms in total. The summed E-state index contributed by atoms with van der Waals surface area (Å²) in [5.74, 6) is 0.953. The largest absolute Gasteiger partial charge is 0.491 e. The Morgan fingerprint density at radius 1 is 1.20 bits per heavy atom. The molecule has 1 N–H and O–H groups in total. The summed E-state index contributed by atoms with van der Waals surface area (Å²) >= 11 is 5.97. The van der Waals surface area contributed by atoms with E-state index in [-0.39, 0.29) is 12.5 Å². The lowest BCUT2D eigenvalue weighted by atomic mass is 9.99. The van der Waals surface area contributed by atoms with Gasteiger partial charge in [-0.25, -0.2) is 4.68 Å². The van der Waals surface area contributed by atoms with Gasteiger partial charge in [-0.2, -0.15) is 0 Å². The van der Waals surface area contributed by atoms with E-state index in [4.69, 9.17) is 16.3 Å². The SMILES string of the molecule is O=C(c1ccc(OC[C@H](O)Cn2ccnn2)cc1)N1CC[C@H](c2ccc(Cl)cc2)C1. The number of carbonyl (C=O) groups is 1. The van der Waals surface area contributed by atoms with Crippen molar-refractivity contribution in [3.05, 3.63) is 77.1 Å². The number of aromatic nitrogens is 3. The zero-order chi connectivity index (χ0) is 20.9. The summed E-state index contributed by atoms with van der Waals surface area (Å²) in [6.07, 6.45) is 3.47. The maximum absolute atomic E-state index is 12.8. The summed E-state index contributed by atoms with van der Waals surface area (Å²) in [5, 5.41) is 18.3. The highest BCUT2D eigenvalue weighted by atomic mass is 35.5. The van der Waals surface area contributed by atoms with E-state index >= 15 is 0 Å². The topological polar surface area (TPSA) is 80.5 Å². The number of rotatable bonds is 7. The summed E-state index contributed by atoms with van der Waals surface area (Å²) in [6, 6.07) is 14.9. The highest BCUT2D eigenvalue weighted by Gasteiger charge is 2.28. The van der Waals surface area contributed by atoms with Crippen molar-refractivity contribution in [2.45, 2.75) is 25.0 Å². The Morgan fingerprint density at radius 3 is 2.67 bits per heavy atom. The van der Waals surface area contributed by atoms with Crippen LogP contribution in [-0.4, -0.2) is 56.7 Å². The van der Waals surface area contributed by atoms with Gasteiger partial charge in [-0.3, -0.25) is 4.79 Å². The smallest absolute Gasteiger partial charge is 0.253 e. The number of benzene rings is 2. The molecule has 0 spiro atoms. The number of carbonyl (C=O) groups excluding carboxylic acids is 1. The fraction of sp³-hybridized carbons (Fsp3) is 0.318. The molecular formula is C22H23ClN4O3. The van der Waals surface area contributed by atoms with E-state index in [1.54, 1.807) is 41.3 Å². The molecule has 4 rings (SSSR count). The fourth-order valence-electron chi connectivity index (χ4n) is 3.62. The van der Waals surface area contributed by atoms with E-state index in [2.05, 4.69) is 10.3 Å². The van der Waals surface area contributed by atoms with Crippen LogP contribution in [0.3, 0.4) is 0 Å². The van der Waals surface area contributed by atoms with Crippen molar-refractivity contribution in [1.29, 1.82) is 0 Å². The number of ether oxygens (including phenoxy) is 1. The molecule has 0 radical (unpaired) electrons. The number of aliphatic hydroxyl groups is 1. The lowest BCUT2D eigenvalue weighted by Crippen LogP contribution is -2.28. The Balaban J connectivity index is 1.29. The van der Waals surface area contributed by atoms with Crippen LogP contribution in [0.1, 0.15) is 28.3 Å². The standard InChI is InChI=1S/C22H23ClN4O3/c23-19-5-1-16(2-6-19)18-9-11-26(13-18)22(29)17-3-7-21(8-4-17)30-15-20(28)14-27-12-10-24-25-27/h1-8,10,12,18,20,28H,9,11,13-15H2/t18-,20+/m0/s1. The van der Waals surface area contributed by atoms with Gasteiger partial charge in [0, 0.05) is 35.8 Å². The molecule has 2 aromatic carbocycles. The van der Waals surface area contributed by atoms with Crippen molar-refractivity contribution >= 4 is 17.5 Å². The lowest BCUT2D eigenvalue weighted by Gasteiger charge is -2.17. The average Bonchev–Trinajstić information content (AvgIpc) is 3.45. The third-order valence-electron chi connectivity index (χ3n) is 5.23. The zero-order valence-corrected chi connectivity index (χ0v) is 17.2. The molecule has 0 aliphatic carbocycles. The molecule has 8 heteroatoms. The van der Waals surface area contributed by atoms with E-state index in [0.29, 0.717) is 30.3 Å². The van der Waals surface area contributed by atoms with Gasteiger partial charge in [-0.05, 0) is 48.4 Å². The molecule has 2 atom stereocenters. The quantitative estimate of drug-likeness (QED) is 0.628. The van der Waals surface area contributed by atoms with Gasteiger partial charge in [-0.1, -0.05) is 28.9 Å². The van der Waals surface area contributed by atoms with Gasteiger partial charge in [0.2, 0.25) is 0 Å². The molecule has 1 fully saturated rings. The van der Waals surface area contributed by atoms with Crippen LogP contribution in [0, 0.1) is 0 Å². The Bertz CT molecular complexity index is 961. The predicted molar refractivity (Wildman–Crippen MR) is 113 cm³/mol. The van der Waals surface area contributed by atoms with Crippen molar-refractivity contribution in [2.24, 2.45) is 0 Å². The van der Waals surface area contributed by atoms with E-state index in [0.717, 1.165) is 18.0 Å². The first kappa shape index (κ1) is 20.4. The first-order valence-electron chi connectivity index (χ1n) is 9.88. The second-order valence-corrected chi connectivity index (χ2v) is 7.84. The molecule has 1 aliphatic heterocycles. The molecule has 1 aromatic heterocycles. The molecule has 1 saturated heterocycles. The maximum Gasteiger partial charge on any atom is 0.253 e. The van der Waals surface area contributed by atoms with Gasteiger partial charge in [0.1, 0.15) is 18.5 Å². The highest BCUT2D eigenvalue weighted by Crippen LogP contribution is 2.29. The summed E-state index contributed by atoms with van der Waals surface area (Å²) < 4.78 is 7.16. The van der Waals surface area contributed by atoms with Gasteiger partial charge in [0.25, 0.3) is 5.91 Å². The van der Waals surface area contributed by atoms with Crippen molar-refractivity contribution in [1.82, 2.24) is 19.9 Å². The summed E-state index contributed by atoms with van der Waals surface area (Å²) in [5.41, 5.74) is 1.84. The summed E-state index contributed by atoms with van der Waals surface area (Å²) in [7, 11) is 0. The molecular weight excluding hydrogens is 404 g/mol. The van der Waals surface area contributed by atoms with E-state index < -0.39 is 6.10 Å². The van der Waals surface area contributed by atoms with E-state index in [9.17, 15) is 9.90 Å². The third-order valence-corrected chi connectivity index (χ3v) is 5.48. The Hall–Kier alpha value is -2.90. The molecule has 1 aliphatic rings. The first-order chi connectivity index (χ1) is 14.6. The van der Waals surface area contributed by atoms with E-state index in [1.165, 1.54) is 5.56 Å². The maximum atomic E-state index is 12.8. The number of halogens is 1. The molecule has 0 bridgehead atoms. The number of aliphatic hydroxyl groups excluding tert-OH is 1. The van der Waals surface area contributed by atoms with Crippen LogP contribution in [-0.2, 0) is 6.54 Å². The van der Waals surface area contributed by atoms with Crippen LogP contribution in [0.4, 0.5) is 0 Å². The minimum Gasteiger partial charge on any atom is -0.491 e. The van der Waals surface area contributed by atoms with Gasteiger partial charge >= 0.3 is 0 Å². The Labute approximate surface area is 179 Å². The number of nitrogens with zero attached hydrogens (tertiary/aromatic N) is 4. The molecule has 0 unspecified atom stereocenters. The van der Waals surface area contributed by atoms with Crippen LogP contribution >= 0.6 is 11.6 Å². The first-order valence-corrected chi connectivity index (χ1v) is 10.3. The minimum atomic E-state index is -0.706. The van der Waals surface area contributed by atoms with Gasteiger partial charge in [0.15, 0.2) is 0 Å². The normalized spacial score (nSPS) is 17.1. The lowest BCUT2D eigenvalue weighted by molar-refractivity contribution is 0.0789. The van der Waals surface area contributed by atoms with Gasteiger partial charge in [-0.15, -0.1) is 5.10 Å². The third kappa shape index (κ3) is 4.98. The Kier molecular flexibility index (Phi) is 6.30. The van der Waals surface area contributed by atoms with Gasteiger partial charge < -0.3 is 14.7 Å².